The molecule has 0 heterocycles. The van der Waals surface area contributed by atoms with Crippen LogP contribution in [0.3, 0.4) is 0 Å². The van der Waals surface area contributed by atoms with E-state index < -0.39 is 5.60 Å². The molecule has 1 saturated carbocycles. The van der Waals surface area contributed by atoms with Gasteiger partial charge in [0.2, 0.25) is 0 Å². The Morgan fingerprint density at radius 1 is 1.18 bits per heavy atom. The molecular weight excluding hydrogens is 144 g/mol. The van der Waals surface area contributed by atoms with E-state index in [9.17, 15) is 0 Å². The van der Waals surface area contributed by atoms with Crippen LogP contribution in [0.5, 0.6) is 0 Å². The quantitative estimate of drug-likeness (QED) is 0.486. The van der Waals surface area contributed by atoms with Crippen LogP contribution in [0.2, 0.25) is 0 Å². The van der Waals surface area contributed by atoms with Gasteiger partial charge in [0.1, 0.15) is 5.60 Å². The predicted molar refractivity (Wildman–Crippen MR) is 41.2 cm³/mol. The number of hydrogen-bond donors (Lipinski definition) is 2. The van der Waals surface area contributed by atoms with E-state index in [2.05, 4.69) is 4.89 Å². The zero-order valence-corrected chi connectivity index (χ0v) is 6.75. The van der Waals surface area contributed by atoms with Crippen LogP contribution in [-0.4, -0.2) is 22.6 Å². The first kappa shape index (κ1) is 8.97. The SMILES string of the molecule is OCCC1(OO)CCCCC1. The summed E-state index contributed by atoms with van der Waals surface area (Å²) in [5.74, 6) is 0. The Hall–Kier alpha value is -0.120. The van der Waals surface area contributed by atoms with Crippen LogP contribution >= 0.6 is 0 Å². The van der Waals surface area contributed by atoms with Crippen molar-refractivity contribution in [3.63, 3.8) is 0 Å². The fourth-order valence-corrected chi connectivity index (χ4v) is 1.79. The first-order chi connectivity index (χ1) is 5.33. The van der Waals surface area contributed by atoms with Crippen molar-refractivity contribution in [2.24, 2.45) is 0 Å². The monoisotopic (exact) mass is 160 g/mol. The third-order valence-electron chi connectivity index (χ3n) is 2.53. The molecule has 0 bridgehead atoms. The average Bonchev–Trinajstić information content (AvgIpc) is 2.07. The molecule has 3 heteroatoms. The minimum atomic E-state index is -0.424. The smallest absolute Gasteiger partial charge is 0.105 e. The van der Waals surface area contributed by atoms with Gasteiger partial charge in [0.25, 0.3) is 0 Å². The fraction of sp³-hybridized carbons (Fsp3) is 1.00. The Bertz CT molecular complexity index is 102. The summed E-state index contributed by atoms with van der Waals surface area (Å²) in [5, 5.41) is 17.4. The van der Waals surface area contributed by atoms with Crippen LogP contribution in [0.4, 0.5) is 0 Å². The van der Waals surface area contributed by atoms with Gasteiger partial charge < -0.3 is 5.11 Å². The zero-order chi connectivity index (χ0) is 8.16. The van der Waals surface area contributed by atoms with E-state index in [0.717, 1.165) is 25.7 Å². The Labute approximate surface area is 66.9 Å². The van der Waals surface area contributed by atoms with Crippen molar-refractivity contribution in [3.05, 3.63) is 0 Å². The van der Waals surface area contributed by atoms with Gasteiger partial charge in [0.05, 0.1) is 0 Å². The van der Waals surface area contributed by atoms with Gasteiger partial charge in [-0.3, -0.25) is 5.26 Å². The van der Waals surface area contributed by atoms with Crippen molar-refractivity contribution in [2.45, 2.75) is 44.1 Å². The largest absolute Gasteiger partial charge is 0.396 e. The molecule has 0 atom stereocenters. The van der Waals surface area contributed by atoms with Crippen LogP contribution in [0.25, 0.3) is 0 Å². The van der Waals surface area contributed by atoms with Crippen molar-refractivity contribution < 1.29 is 15.3 Å². The molecule has 0 radical (unpaired) electrons. The highest BCUT2D eigenvalue weighted by Gasteiger charge is 2.32. The molecule has 11 heavy (non-hydrogen) atoms. The third kappa shape index (κ3) is 2.15. The first-order valence-electron chi connectivity index (χ1n) is 4.26. The Balaban J connectivity index is 2.42. The van der Waals surface area contributed by atoms with E-state index in [-0.39, 0.29) is 6.61 Å². The van der Waals surface area contributed by atoms with Crippen molar-refractivity contribution in [1.82, 2.24) is 0 Å². The van der Waals surface area contributed by atoms with Gasteiger partial charge in [-0.15, -0.1) is 0 Å². The minimum absolute atomic E-state index is 0.0978. The summed E-state index contributed by atoms with van der Waals surface area (Å²) in [6.07, 6.45) is 5.73. The van der Waals surface area contributed by atoms with Crippen molar-refractivity contribution in [1.29, 1.82) is 0 Å². The second-order valence-electron chi connectivity index (χ2n) is 3.31. The fourth-order valence-electron chi connectivity index (χ4n) is 1.79. The summed E-state index contributed by atoms with van der Waals surface area (Å²) in [4.78, 5) is 4.46. The molecule has 0 spiro atoms. The van der Waals surface area contributed by atoms with E-state index in [0.29, 0.717) is 6.42 Å². The molecule has 0 aromatic rings. The van der Waals surface area contributed by atoms with E-state index in [1.165, 1.54) is 6.42 Å². The molecule has 0 aromatic carbocycles. The van der Waals surface area contributed by atoms with Crippen molar-refractivity contribution >= 4 is 0 Å². The summed E-state index contributed by atoms with van der Waals surface area (Å²) in [5.41, 5.74) is -0.424. The Morgan fingerprint density at radius 2 is 1.82 bits per heavy atom. The molecule has 0 aromatic heterocycles. The Morgan fingerprint density at radius 3 is 2.27 bits per heavy atom. The van der Waals surface area contributed by atoms with Crippen LogP contribution in [0.1, 0.15) is 38.5 Å². The zero-order valence-electron chi connectivity index (χ0n) is 6.75. The molecule has 1 rings (SSSR count). The summed E-state index contributed by atoms with van der Waals surface area (Å²) in [6, 6.07) is 0. The number of hydrogen-bond acceptors (Lipinski definition) is 3. The lowest BCUT2D eigenvalue weighted by Crippen LogP contribution is -2.35. The van der Waals surface area contributed by atoms with Crippen molar-refractivity contribution in [2.75, 3.05) is 6.61 Å². The van der Waals surface area contributed by atoms with Crippen LogP contribution < -0.4 is 0 Å². The van der Waals surface area contributed by atoms with Gasteiger partial charge in [0, 0.05) is 13.0 Å². The van der Waals surface area contributed by atoms with Crippen LogP contribution in [0, 0.1) is 0 Å². The maximum Gasteiger partial charge on any atom is 0.105 e. The van der Waals surface area contributed by atoms with Crippen molar-refractivity contribution in [3.8, 4) is 0 Å². The molecule has 2 N–H and O–H groups in total. The Kier molecular flexibility index (Phi) is 3.30. The van der Waals surface area contributed by atoms with Gasteiger partial charge in [-0.25, -0.2) is 4.89 Å². The summed E-state index contributed by atoms with van der Waals surface area (Å²) >= 11 is 0. The number of aliphatic hydroxyl groups is 1. The van der Waals surface area contributed by atoms with Gasteiger partial charge in [0.15, 0.2) is 0 Å². The van der Waals surface area contributed by atoms with Gasteiger partial charge in [-0.2, -0.15) is 0 Å². The van der Waals surface area contributed by atoms with Gasteiger partial charge in [-0.1, -0.05) is 19.3 Å². The molecule has 0 amide bonds. The highest BCUT2D eigenvalue weighted by atomic mass is 17.1. The summed E-state index contributed by atoms with van der Waals surface area (Å²) < 4.78 is 0. The highest BCUT2D eigenvalue weighted by Crippen LogP contribution is 2.33. The first-order valence-corrected chi connectivity index (χ1v) is 4.26. The molecule has 66 valence electrons. The van der Waals surface area contributed by atoms with Crippen LogP contribution in [-0.2, 0) is 4.89 Å². The predicted octanol–water partition coefficient (Wildman–Crippen LogP) is 1.56. The lowest BCUT2D eigenvalue weighted by Gasteiger charge is -2.33. The summed E-state index contributed by atoms with van der Waals surface area (Å²) in [6.45, 7) is 0.0978. The van der Waals surface area contributed by atoms with Crippen LogP contribution in [0.15, 0.2) is 0 Å². The lowest BCUT2D eigenvalue weighted by molar-refractivity contribution is -0.333. The molecule has 1 fully saturated rings. The number of rotatable bonds is 3. The van der Waals surface area contributed by atoms with Gasteiger partial charge in [-0.05, 0) is 12.8 Å². The normalized spacial score (nSPS) is 23.5. The standard InChI is InChI=1S/C8H16O3/c9-7-6-8(11-10)4-2-1-3-5-8/h9-10H,1-7H2. The lowest BCUT2D eigenvalue weighted by atomic mass is 9.83. The average molecular weight is 160 g/mol. The van der Waals surface area contributed by atoms with E-state index >= 15 is 0 Å². The number of aliphatic hydroxyl groups excluding tert-OH is 1. The molecule has 0 unspecified atom stereocenters. The molecule has 0 aliphatic heterocycles. The highest BCUT2D eigenvalue weighted by molar-refractivity contribution is 4.82. The second-order valence-corrected chi connectivity index (χ2v) is 3.31. The second kappa shape index (κ2) is 4.04. The molecule has 1 aliphatic rings. The summed E-state index contributed by atoms with van der Waals surface area (Å²) in [7, 11) is 0. The van der Waals surface area contributed by atoms with Gasteiger partial charge >= 0.3 is 0 Å². The third-order valence-corrected chi connectivity index (χ3v) is 2.53. The van der Waals surface area contributed by atoms with E-state index in [1.54, 1.807) is 0 Å². The van der Waals surface area contributed by atoms with E-state index in [1.807, 2.05) is 0 Å². The topological polar surface area (TPSA) is 49.7 Å². The molecule has 3 nitrogen and oxygen atoms in total. The maximum absolute atomic E-state index is 8.72. The maximum atomic E-state index is 8.72. The minimum Gasteiger partial charge on any atom is -0.396 e. The molecular formula is C8H16O3. The molecule has 1 aliphatic carbocycles. The molecule has 0 saturated heterocycles. The van der Waals surface area contributed by atoms with E-state index in [4.69, 9.17) is 10.4 Å².